The van der Waals surface area contributed by atoms with Crippen LogP contribution in [-0.2, 0) is 6.42 Å². The fourth-order valence-corrected chi connectivity index (χ4v) is 3.87. The van der Waals surface area contributed by atoms with Crippen molar-refractivity contribution in [3.63, 3.8) is 0 Å². The number of halogens is 1. The van der Waals surface area contributed by atoms with Gasteiger partial charge in [0.2, 0.25) is 0 Å². The zero-order valence-corrected chi connectivity index (χ0v) is 11.8. The van der Waals surface area contributed by atoms with Crippen LogP contribution in [0, 0.1) is 11.7 Å². The fourth-order valence-electron chi connectivity index (χ4n) is 3.87. The lowest BCUT2D eigenvalue weighted by molar-refractivity contribution is 0.264. The molecule has 0 heterocycles. The van der Waals surface area contributed by atoms with E-state index >= 15 is 0 Å². The van der Waals surface area contributed by atoms with Crippen molar-refractivity contribution in [2.45, 2.75) is 64.0 Å². The molecule has 0 saturated heterocycles. The predicted molar refractivity (Wildman–Crippen MR) is 76.6 cm³/mol. The van der Waals surface area contributed by atoms with Crippen LogP contribution in [0.4, 0.5) is 4.39 Å². The first-order valence-electron chi connectivity index (χ1n) is 7.79. The Morgan fingerprint density at radius 3 is 2.74 bits per heavy atom. The highest BCUT2D eigenvalue weighted by Gasteiger charge is 2.28. The van der Waals surface area contributed by atoms with Crippen molar-refractivity contribution in [3.05, 3.63) is 35.1 Å². The van der Waals surface area contributed by atoms with E-state index < -0.39 is 0 Å². The molecule has 104 valence electrons. The molecule has 0 amide bonds. The summed E-state index contributed by atoms with van der Waals surface area (Å²) in [7, 11) is 0. The van der Waals surface area contributed by atoms with Crippen molar-refractivity contribution >= 4 is 0 Å². The Kier molecular flexibility index (Phi) is 3.88. The van der Waals surface area contributed by atoms with Crippen LogP contribution in [-0.4, -0.2) is 6.04 Å². The first kappa shape index (κ1) is 13.1. The van der Waals surface area contributed by atoms with Crippen LogP contribution in [0.25, 0.3) is 0 Å². The maximum atomic E-state index is 13.7. The lowest BCUT2D eigenvalue weighted by Crippen LogP contribution is -2.36. The van der Waals surface area contributed by atoms with Crippen molar-refractivity contribution in [2.75, 3.05) is 0 Å². The van der Waals surface area contributed by atoms with Crippen molar-refractivity contribution in [1.29, 1.82) is 0 Å². The van der Waals surface area contributed by atoms with Gasteiger partial charge in [-0.2, -0.15) is 0 Å². The average Bonchev–Trinajstić information content (AvgIpc) is 2.84. The van der Waals surface area contributed by atoms with Gasteiger partial charge in [0.15, 0.2) is 0 Å². The van der Waals surface area contributed by atoms with E-state index in [0.717, 1.165) is 24.3 Å². The summed E-state index contributed by atoms with van der Waals surface area (Å²) in [6.45, 7) is 2.31. The summed E-state index contributed by atoms with van der Waals surface area (Å²) in [5.74, 6) is 0.790. The highest BCUT2D eigenvalue weighted by atomic mass is 19.1. The van der Waals surface area contributed by atoms with E-state index in [-0.39, 0.29) is 5.82 Å². The molecule has 1 saturated carbocycles. The maximum absolute atomic E-state index is 13.7. The fraction of sp³-hybridized carbons (Fsp3) is 0.647. The number of nitrogens with one attached hydrogen (secondary N) is 1. The van der Waals surface area contributed by atoms with Crippen LogP contribution >= 0.6 is 0 Å². The monoisotopic (exact) mass is 261 g/mol. The zero-order chi connectivity index (χ0) is 13.2. The van der Waals surface area contributed by atoms with Gasteiger partial charge in [-0.05, 0) is 55.7 Å². The largest absolute Gasteiger partial charge is 0.307 e. The molecule has 1 N–H and O–H groups in total. The predicted octanol–water partition coefficient (Wildman–Crippen LogP) is 4.37. The second-order valence-electron chi connectivity index (χ2n) is 6.25. The third kappa shape index (κ3) is 2.69. The molecule has 0 spiro atoms. The topological polar surface area (TPSA) is 12.0 Å². The number of fused-ring (bicyclic) bond motifs is 1. The Bertz CT molecular complexity index is 437. The summed E-state index contributed by atoms with van der Waals surface area (Å²) < 4.78 is 13.7. The Balaban J connectivity index is 1.67. The SMILES string of the molecule is CC(NC1CCc2c(F)cccc21)C1CCCCC1. The van der Waals surface area contributed by atoms with Crippen LogP contribution in [0.2, 0.25) is 0 Å². The van der Waals surface area contributed by atoms with Crippen LogP contribution in [0.5, 0.6) is 0 Å². The average molecular weight is 261 g/mol. The van der Waals surface area contributed by atoms with Gasteiger partial charge in [0.05, 0.1) is 0 Å². The van der Waals surface area contributed by atoms with Gasteiger partial charge in [0.1, 0.15) is 5.82 Å². The minimum absolute atomic E-state index is 0.0212. The number of hydrogen-bond acceptors (Lipinski definition) is 1. The summed E-state index contributed by atoms with van der Waals surface area (Å²) in [4.78, 5) is 0. The van der Waals surface area contributed by atoms with E-state index in [1.807, 2.05) is 6.07 Å². The highest BCUT2D eigenvalue weighted by Crippen LogP contribution is 2.34. The normalized spacial score (nSPS) is 25.3. The van der Waals surface area contributed by atoms with Crippen LogP contribution in [0.3, 0.4) is 0 Å². The van der Waals surface area contributed by atoms with Crippen molar-refractivity contribution in [1.82, 2.24) is 5.32 Å². The lowest BCUT2D eigenvalue weighted by Gasteiger charge is -2.31. The Morgan fingerprint density at radius 1 is 1.16 bits per heavy atom. The zero-order valence-electron chi connectivity index (χ0n) is 11.8. The van der Waals surface area contributed by atoms with Gasteiger partial charge in [-0.25, -0.2) is 4.39 Å². The summed E-state index contributed by atoms with van der Waals surface area (Å²) in [6.07, 6.45) is 8.82. The third-order valence-electron chi connectivity index (χ3n) is 5.03. The summed E-state index contributed by atoms with van der Waals surface area (Å²) in [6, 6.07) is 6.45. The van der Waals surface area contributed by atoms with E-state index in [4.69, 9.17) is 0 Å². The van der Waals surface area contributed by atoms with E-state index in [9.17, 15) is 4.39 Å². The summed E-state index contributed by atoms with van der Waals surface area (Å²) >= 11 is 0. The van der Waals surface area contributed by atoms with Crippen molar-refractivity contribution in [3.8, 4) is 0 Å². The Morgan fingerprint density at radius 2 is 1.95 bits per heavy atom. The summed E-state index contributed by atoms with van der Waals surface area (Å²) in [5.41, 5.74) is 2.14. The quantitative estimate of drug-likeness (QED) is 0.852. The smallest absolute Gasteiger partial charge is 0.126 e. The second kappa shape index (κ2) is 5.62. The third-order valence-corrected chi connectivity index (χ3v) is 5.03. The molecule has 0 radical (unpaired) electrons. The van der Waals surface area contributed by atoms with Gasteiger partial charge in [-0.3, -0.25) is 0 Å². The van der Waals surface area contributed by atoms with Crippen LogP contribution < -0.4 is 5.32 Å². The minimum Gasteiger partial charge on any atom is -0.307 e. The van der Waals surface area contributed by atoms with E-state index in [2.05, 4.69) is 18.3 Å². The molecule has 2 heteroatoms. The minimum atomic E-state index is -0.0212. The Hall–Kier alpha value is -0.890. The molecule has 1 aromatic carbocycles. The van der Waals surface area contributed by atoms with Gasteiger partial charge in [-0.15, -0.1) is 0 Å². The molecule has 1 nitrogen and oxygen atoms in total. The number of hydrogen-bond donors (Lipinski definition) is 1. The summed E-state index contributed by atoms with van der Waals surface area (Å²) in [5, 5.41) is 3.77. The van der Waals surface area contributed by atoms with Crippen LogP contribution in [0.15, 0.2) is 18.2 Å². The van der Waals surface area contributed by atoms with Gasteiger partial charge < -0.3 is 5.32 Å². The second-order valence-corrected chi connectivity index (χ2v) is 6.25. The molecule has 0 aromatic heterocycles. The molecule has 3 rings (SSSR count). The maximum Gasteiger partial charge on any atom is 0.126 e. The van der Waals surface area contributed by atoms with Gasteiger partial charge in [0, 0.05) is 12.1 Å². The molecule has 0 bridgehead atoms. The highest BCUT2D eigenvalue weighted by molar-refractivity contribution is 5.35. The van der Waals surface area contributed by atoms with Crippen molar-refractivity contribution < 1.29 is 4.39 Å². The number of rotatable bonds is 3. The molecule has 2 aliphatic rings. The molecule has 1 fully saturated rings. The van der Waals surface area contributed by atoms with E-state index in [1.54, 1.807) is 6.07 Å². The molecule has 0 aliphatic heterocycles. The lowest BCUT2D eigenvalue weighted by atomic mass is 9.84. The van der Waals surface area contributed by atoms with Crippen molar-refractivity contribution in [2.24, 2.45) is 5.92 Å². The molecular weight excluding hydrogens is 237 g/mol. The first-order chi connectivity index (χ1) is 9.25. The van der Waals surface area contributed by atoms with Gasteiger partial charge in [-0.1, -0.05) is 31.4 Å². The van der Waals surface area contributed by atoms with Crippen LogP contribution in [0.1, 0.15) is 62.6 Å². The Labute approximate surface area is 115 Å². The molecule has 2 aliphatic carbocycles. The molecular formula is C17H24FN. The first-order valence-corrected chi connectivity index (χ1v) is 7.79. The molecule has 2 unspecified atom stereocenters. The van der Waals surface area contributed by atoms with Gasteiger partial charge >= 0.3 is 0 Å². The number of benzene rings is 1. The molecule has 1 aromatic rings. The molecule has 2 atom stereocenters. The van der Waals surface area contributed by atoms with E-state index in [1.165, 1.54) is 37.7 Å². The van der Waals surface area contributed by atoms with E-state index in [0.29, 0.717) is 12.1 Å². The standard InChI is InChI=1S/C17H24FN/c1-12(13-6-3-2-4-7-13)19-17-11-10-14-15(17)8-5-9-16(14)18/h5,8-9,12-13,17,19H,2-4,6-7,10-11H2,1H3. The molecule has 19 heavy (non-hydrogen) atoms. The van der Waals surface area contributed by atoms with Gasteiger partial charge in [0.25, 0.3) is 0 Å².